The van der Waals surface area contributed by atoms with E-state index in [-0.39, 0.29) is 0 Å². The highest BCUT2D eigenvalue weighted by atomic mass is 14.2. The van der Waals surface area contributed by atoms with Gasteiger partial charge in [-0.05, 0) is 104 Å². The topological polar surface area (TPSA) is 0 Å². The Morgan fingerprint density at radius 2 is 1.20 bits per heavy atom. The zero-order chi connectivity index (χ0) is 16.4. The van der Waals surface area contributed by atoms with E-state index >= 15 is 0 Å². The van der Waals surface area contributed by atoms with E-state index in [9.17, 15) is 0 Å². The second kappa shape index (κ2) is 4.83. The van der Waals surface area contributed by atoms with Gasteiger partial charge in [-0.25, -0.2) is 0 Å². The first-order valence-corrected chi connectivity index (χ1v) is 9.17. The molecule has 0 saturated carbocycles. The first kappa shape index (κ1) is 13.4. The van der Waals surface area contributed by atoms with Crippen molar-refractivity contribution in [2.75, 3.05) is 0 Å². The van der Waals surface area contributed by atoms with Gasteiger partial charge in [0.25, 0.3) is 0 Å². The lowest BCUT2D eigenvalue weighted by molar-refractivity contribution is 0.813. The van der Waals surface area contributed by atoms with Crippen LogP contribution in [0.5, 0.6) is 0 Å². The molecule has 0 heterocycles. The summed E-state index contributed by atoms with van der Waals surface area (Å²) in [5, 5.41) is 11.1. The summed E-state index contributed by atoms with van der Waals surface area (Å²) < 4.78 is 0. The van der Waals surface area contributed by atoms with Crippen molar-refractivity contribution in [2.45, 2.75) is 19.3 Å². The van der Waals surface area contributed by atoms with Crippen molar-refractivity contribution in [1.29, 1.82) is 0 Å². The van der Waals surface area contributed by atoms with Crippen LogP contribution in [0, 0.1) is 0 Å². The summed E-state index contributed by atoms with van der Waals surface area (Å²) >= 11 is 0. The van der Waals surface area contributed by atoms with Gasteiger partial charge in [-0.2, -0.15) is 0 Å². The van der Waals surface area contributed by atoms with Crippen molar-refractivity contribution >= 4 is 43.1 Å². The van der Waals surface area contributed by atoms with E-state index in [4.69, 9.17) is 0 Å². The van der Waals surface area contributed by atoms with Crippen molar-refractivity contribution in [2.24, 2.45) is 0 Å². The molecule has 0 amide bonds. The molecule has 118 valence electrons. The fourth-order valence-electron chi connectivity index (χ4n) is 4.72. The molecule has 5 aromatic rings. The number of rotatable bonds is 0. The van der Waals surface area contributed by atoms with Crippen molar-refractivity contribution in [1.82, 2.24) is 0 Å². The highest BCUT2D eigenvalue weighted by molar-refractivity contribution is 6.10. The number of fused-ring (bicyclic) bond motifs is 4. The van der Waals surface area contributed by atoms with Gasteiger partial charge in [-0.1, -0.05) is 42.5 Å². The molecule has 25 heavy (non-hydrogen) atoms. The predicted molar refractivity (Wildman–Crippen MR) is 108 cm³/mol. The third-order valence-electron chi connectivity index (χ3n) is 5.87. The van der Waals surface area contributed by atoms with Crippen LogP contribution < -0.4 is 0 Å². The second-order valence-electron chi connectivity index (χ2n) is 7.34. The largest absolute Gasteiger partial charge is 0.0616 e. The lowest BCUT2D eigenvalue weighted by Crippen LogP contribution is -2.02. The van der Waals surface area contributed by atoms with E-state index in [2.05, 4.69) is 72.8 Å². The van der Waals surface area contributed by atoms with Gasteiger partial charge in [0.15, 0.2) is 0 Å². The molecule has 1 aliphatic rings. The van der Waals surface area contributed by atoms with Crippen LogP contribution in [0.4, 0.5) is 0 Å². The molecule has 0 spiro atoms. The van der Waals surface area contributed by atoms with Crippen molar-refractivity contribution < 1.29 is 0 Å². The van der Waals surface area contributed by atoms with E-state index in [1.807, 2.05) is 0 Å². The summed E-state index contributed by atoms with van der Waals surface area (Å²) in [7, 11) is 0. The van der Waals surface area contributed by atoms with Crippen LogP contribution >= 0.6 is 0 Å². The number of benzene rings is 5. The third-order valence-corrected chi connectivity index (χ3v) is 5.87. The minimum Gasteiger partial charge on any atom is -0.0616 e. The van der Waals surface area contributed by atoms with Gasteiger partial charge in [0.2, 0.25) is 0 Å². The summed E-state index contributed by atoms with van der Waals surface area (Å²) in [4.78, 5) is 0. The lowest BCUT2D eigenvalue weighted by atomic mass is 9.84. The molecule has 0 atom stereocenters. The van der Waals surface area contributed by atoms with Crippen LogP contribution in [0.2, 0.25) is 0 Å². The monoisotopic (exact) mass is 318 g/mol. The molecule has 0 aromatic heterocycles. The molecular weight excluding hydrogens is 300 g/mol. The minimum atomic E-state index is 1.20. The Kier molecular flexibility index (Phi) is 2.59. The summed E-state index contributed by atoms with van der Waals surface area (Å²) in [6.45, 7) is 0. The molecule has 1 aliphatic carbocycles. The van der Waals surface area contributed by atoms with Gasteiger partial charge in [0.1, 0.15) is 0 Å². The van der Waals surface area contributed by atoms with Crippen molar-refractivity contribution in [3.63, 3.8) is 0 Å². The maximum Gasteiger partial charge on any atom is -0.0113 e. The number of hydrogen-bond donors (Lipinski definition) is 0. The Bertz CT molecular complexity index is 1310. The average Bonchev–Trinajstić information content (AvgIpc) is 2.65. The van der Waals surface area contributed by atoms with E-state index in [0.29, 0.717) is 0 Å². The minimum absolute atomic E-state index is 1.20. The van der Waals surface area contributed by atoms with Gasteiger partial charge in [-0.15, -0.1) is 0 Å². The smallest absolute Gasteiger partial charge is 0.0113 e. The standard InChI is InChI=1S/C25H18/c1-2-6-18-12-21-15-24-22(14-20(21)11-17(18)5-1)13-19-9-3-7-16-8-4-10-23(24)25(16)19/h1-3,5-7,9,11-15H,4,8,10H2. The first-order chi connectivity index (χ1) is 12.4. The summed E-state index contributed by atoms with van der Waals surface area (Å²) in [5.74, 6) is 0. The van der Waals surface area contributed by atoms with Crippen LogP contribution in [0.1, 0.15) is 17.5 Å². The molecule has 0 N–H and O–H groups in total. The SMILES string of the molecule is c1ccc2cc3cc4c5c6c(cccc6cc4cc3cc2c1)CCC5. The molecule has 5 aromatic carbocycles. The van der Waals surface area contributed by atoms with E-state index in [0.717, 1.165) is 0 Å². The molecule has 0 fully saturated rings. The second-order valence-corrected chi connectivity index (χ2v) is 7.34. The Morgan fingerprint density at radius 3 is 2.04 bits per heavy atom. The zero-order valence-electron chi connectivity index (χ0n) is 14.0. The van der Waals surface area contributed by atoms with E-state index in [1.54, 1.807) is 5.56 Å². The van der Waals surface area contributed by atoms with Gasteiger partial charge in [0.05, 0.1) is 0 Å². The third kappa shape index (κ3) is 1.88. The Morgan fingerprint density at radius 1 is 0.520 bits per heavy atom. The zero-order valence-corrected chi connectivity index (χ0v) is 14.0. The summed E-state index contributed by atoms with van der Waals surface area (Å²) in [5.41, 5.74) is 3.09. The molecule has 0 aliphatic heterocycles. The summed E-state index contributed by atoms with van der Waals surface area (Å²) in [6, 6.07) is 27.3. The van der Waals surface area contributed by atoms with Gasteiger partial charge >= 0.3 is 0 Å². The molecular formula is C25H18. The maximum absolute atomic E-state index is 2.42. The molecule has 6 rings (SSSR count). The quantitative estimate of drug-likeness (QED) is 0.276. The Balaban J connectivity index is 1.80. The first-order valence-electron chi connectivity index (χ1n) is 9.17. The fourth-order valence-corrected chi connectivity index (χ4v) is 4.72. The molecule has 0 bridgehead atoms. The van der Waals surface area contributed by atoms with Crippen LogP contribution in [-0.2, 0) is 12.8 Å². The molecule has 0 unspecified atom stereocenters. The molecule has 0 saturated heterocycles. The average molecular weight is 318 g/mol. The lowest BCUT2D eigenvalue weighted by Gasteiger charge is -2.20. The Hall–Kier alpha value is -2.86. The van der Waals surface area contributed by atoms with Crippen LogP contribution in [-0.4, -0.2) is 0 Å². The van der Waals surface area contributed by atoms with Gasteiger partial charge in [0, 0.05) is 0 Å². The number of hydrogen-bond acceptors (Lipinski definition) is 0. The highest BCUT2D eigenvalue weighted by Gasteiger charge is 2.16. The maximum atomic E-state index is 2.42. The van der Waals surface area contributed by atoms with Crippen LogP contribution in [0.3, 0.4) is 0 Å². The van der Waals surface area contributed by atoms with E-state index in [1.165, 1.54) is 67.9 Å². The molecule has 0 radical (unpaired) electrons. The Labute approximate surface area is 146 Å². The van der Waals surface area contributed by atoms with Gasteiger partial charge in [-0.3, -0.25) is 0 Å². The van der Waals surface area contributed by atoms with E-state index < -0.39 is 0 Å². The molecule has 0 heteroatoms. The fraction of sp³-hybridized carbons (Fsp3) is 0.120. The number of aryl methyl sites for hydroxylation is 2. The van der Waals surface area contributed by atoms with Crippen LogP contribution in [0.25, 0.3) is 43.1 Å². The normalized spacial score (nSPS) is 13.9. The van der Waals surface area contributed by atoms with Gasteiger partial charge < -0.3 is 0 Å². The molecule has 0 nitrogen and oxygen atoms in total. The van der Waals surface area contributed by atoms with Crippen molar-refractivity contribution in [3.05, 3.63) is 83.9 Å². The highest BCUT2D eigenvalue weighted by Crippen LogP contribution is 2.37. The predicted octanol–water partition coefficient (Wildman–Crippen LogP) is 6.79. The van der Waals surface area contributed by atoms with Crippen molar-refractivity contribution in [3.8, 4) is 0 Å². The van der Waals surface area contributed by atoms with Crippen LogP contribution in [0.15, 0.2) is 72.8 Å². The summed E-state index contributed by atoms with van der Waals surface area (Å²) in [6.07, 6.45) is 3.68.